The maximum atomic E-state index is 11.0. The highest BCUT2D eigenvalue weighted by atomic mass is 28.3. The number of aliphatic carboxylic acids is 1. The van der Waals surface area contributed by atoms with Gasteiger partial charge in [-0.3, -0.25) is 4.79 Å². The van der Waals surface area contributed by atoms with Gasteiger partial charge in [-0.15, -0.1) is 5.54 Å². The number of carbonyl (C=O) groups is 1. The average Bonchev–Trinajstić information content (AvgIpc) is 2.91. The number of ether oxygens (including phenoxy) is 1. The molecule has 1 heterocycles. The molecule has 98 valence electrons. The summed E-state index contributed by atoms with van der Waals surface area (Å²) >= 11 is 0. The molecule has 1 N–H and O–H groups in total. The van der Waals surface area contributed by atoms with Gasteiger partial charge < -0.3 is 9.84 Å². The van der Waals surface area contributed by atoms with Gasteiger partial charge in [0.25, 0.3) is 0 Å². The van der Waals surface area contributed by atoms with Gasteiger partial charge in [-0.1, -0.05) is 25.6 Å². The van der Waals surface area contributed by atoms with Crippen LogP contribution in [0.15, 0.2) is 18.2 Å². The van der Waals surface area contributed by atoms with Crippen LogP contribution in [0.4, 0.5) is 0 Å². The Morgan fingerprint density at radius 3 is 2.74 bits per heavy atom. The molecule has 0 radical (unpaired) electrons. The highest BCUT2D eigenvalue weighted by Gasteiger charge is 2.62. The highest BCUT2D eigenvalue weighted by molar-refractivity contribution is 6.83. The lowest BCUT2D eigenvalue weighted by Gasteiger charge is -2.07. The van der Waals surface area contributed by atoms with Crippen molar-refractivity contribution in [3.63, 3.8) is 0 Å². The molecule has 0 aromatic heterocycles. The van der Waals surface area contributed by atoms with E-state index >= 15 is 0 Å². The smallest absolute Gasteiger partial charge is 0.311 e. The molecule has 1 aliphatic heterocycles. The lowest BCUT2D eigenvalue weighted by Crippen LogP contribution is -2.16. The molecule has 3 nitrogen and oxygen atoms in total. The van der Waals surface area contributed by atoms with Crippen molar-refractivity contribution in [2.24, 2.45) is 5.92 Å². The first-order valence-corrected chi connectivity index (χ1v) is 9.93. The summed E-state index contributed by atoms with van der Waals surface area (Å²) in [5.74, 6) is 2.93. The van der Waals surface area contributed by atoms with E-state index in [0.717, 1.165) is 16.9 Å². The molecule has 0 saturated heterocycles. The Kier molecular flexibility index (Phi) is 2.51. The number of benzene rings is 1. The predicted octanol–water partition coefficient (Wildman–Crippen LogP) is 2.47. The largest absolute Gasteiger partial charge is 0.489 e. The van der Waals surface area contributed by atoms with E-state index in [1.165, 1.54) is 0 Å². The number of rotatable bonds is 1. The summed E-state index contributed by atoms with van der Waals surface area (Å²) < 4.78 is 5.63. The van der Waals surface area contributed by atoms with E-state index in [-0.39, 0.29) is 17.9 Å². The number of carboxylic acids is 1. The second-order valence-corrected chi connectivity index (χ2v) is 11.0. The van der Waals surface area contributed by atoms with E-state index in [1.807, 2.05) is 18.2 Å². The Labute approximate surface area is 113 Å². The van der Waals surface area contributed by atoms with Crippen LogP contribution in [0.2, 0.25) is 19.6 Å². The van der Waals surface area contributed by atoms with E-state index in [2.05, 4.69) is 31.1 Å². The average molecular weight is 272 g/mol. The summed E-state index contributed by atoms with van der Waals surface area (Å²) in [5, 5.41) is 9.06. The van der Waals surface area contributed by atoms with Crippen molar-refractivity contribution >= 4 is 14.0 Å². The van der Waals surface area contributed by atoms with Gasteiger partial charge in [0.1, 0.15) is 25.8 Å². The maximum absolute atomic E-state index is 11.0. The fraction of sp³-hybridized carbons (Fsp3) is 0.400. The summed E-state index contributed by atoms with van der Waals surface area (Å²) in [6.07, 6.45) is -0.160. The molecule has 2 aliphatic rings. The Hall–Kier alpha value is -1.73. The number of carboxylic acid groups (broad SMARTS) is 1. The van der Waals surface area contributed by atoms with Gasteiger partial charge in [0, 0.05) is 17.0 Å². The van der Waals surface area contributed by atoms with Crippen molar-refractivity contribution in [2.45, 2.75) is 31.7 Å². The zero-order valence-corrected chi connectivity index (χ0v) is 12.2. The van der Waals surface area contributed by atoms with Crippen LogP contribution in [-0.2, 0) is 4.79 Å². The van der Waals surface area contributed by atoms with Crippen molar-refractivity contribution < 1.29 is 14.6 Å². The SMILES string of the molecule is C[Si](C)(C)C#Cc1ccc2c(c1)[C@@H]1[C@H](O2)[C@H]1C(=O)O. The normalized spacial score (nSPS) is 26.6. The van der Waals surface area contributed by atoms with Crippen LogP contribution in [0.5, 0.6) is 5.75 Å². The van der Waals surface area contributed by atoms with Crippen LogP contribution in [0.3, 0.4) is 0 Å². The summed E-state index contributed by atoms with van der Waals surface area (Å²) in [6, 6.07) is 5.86. The molecule has 19 heavy (non-hydrogen) atoms. The van der Waals surface area contributed by atoms with E-state index in [4.69, 9.17) is 9.84 Å². The van der Waals surface area contributed by atoms with Crippen molar-refractivity contribution in [3.05, 3.63) is 29.3 Å². The van der Waals surface area contributed by atoms with Gasteiger partial charge in [0.15, 0.2) is 0 Å². The van der Waals surface area contributed by atoms with E-state index in [9.17, 15) is 4.79 Å². The van der Waals surface area contributed by atoms with Gasteiger partial charge in [-0.05, 0) is 18.2 Å². The molecule has 1 aromatic rings. The first-order chi connectivity index (χ1) is 8.87. The Bertz CT molecular complexity index is 619. The van der Waals surface area contributed by atoms with Crippen LogP contribution in [0.1, 0.15) is 17.0 Å². The van der Waals surface area contributed by atoms with E-state index < -0.39 is 14.0 Å². The summed E-state index contributed by atoms with van der Waals surface area (Å²) in [7, 11) is -1.39. The third-order valence-electron chi connectivity index (χ3n) is 3.45. The zero-order chi connectivity index (χ0) is 13.8. The maximum Gasteiger partial charge on any atom is 0.311 e. The number of fused-ring (bicyclic) bond motifs is 3. The monoisotopic (exact) mass is 272 g/mol. The second-order valence-electron chi connectivity index (χ2n) is 6.22. The Morgan fingerprint density at radius 1 is 1.37 bits per heavy atom. The molecule has 1 fully saturated rings. The van der Waals surface area contributed by atoms with E-state index in [1.54, 1.807) is 0 Å². The standard InChI is InChI=1S/C15H16O3Si/c1-19(2,3)7-6-9-4-5-11-10(8-9)12-13(15(16)17)14(12)18-11/h4-5,8,12-14H,1-3H3,(H,16,17)/t12-,13-,14-/m0/s1. The van der Waals surface area contributed by atoms with Gasteiger partial charge in [0.2, 0.25) is 0 Å². The molecule has 3 rings (SSSR count). The molecule has 4 heteroatoms. The van der Waals surface area contributed by atoms with Gasteiger partial charge in [-0.2, -0.15) is 0 Å². The third kappa shape index (κ3) is 2.15. The van der Waals surface area contributed by atoms with Gasteiger partial charge in [-0.25, -0.2) is 0 Å². The predicted molar refractivity (Wildman–Crippen MR) is 74.9 cm³/mol. The van der Waals surface area contributed by atoms with Crippen molar-refractivity contribution in [3.8, 4) is 17.2 Å². The Balaban J connectivity index is 1.89. The molecule has 1 saturated carbocycles. The number of hydrogen-bond donors (Lipinski definition) is 1. The van der Waals surface area contributed by atoms with Crippen molar-refractivity contribution in [1.29, 1.82) is 0 Å². The van der Waals surface area contributed by atoms with Crippen LogP contribution < -0.4 is 4.74 Å². The molecular formula is C15H16O3Si. The second kappa shape index (κ2) is 3.88. The molecule has 0 spiro atoms. The first kappa shape index (κ1) is 12.3. The summed E-state index contributed by atoms with van der Waals surface area (Å²) in [5.41, 5.74) is 5.30. The van der Waals surface area contributed by atoms with Crippen LogP contribution in [0, 0.1) is 17.4 Å². The lowest BCUT2D eigenvalue weighted by atomic mass is 10.1. The highest BCUT2D eigenvalue weighted by Crippen LogP contribution is 2.58. The van der Waals surface area contributed by atoms with Gasteiger partial charge >= 0.3 is 5.97 Å². The summed E-state index contributed by atoms with van der Waals surface area (Å²) in [6.45, 7) is 6.61. The quantitative estimate of drug-likeness (QED) is 0.631. The fourth-order valence-electron chi connectivity index (χ4n) is 2.49. The molecule has 0 bridgehead atoms. The lowest BCUT2D eigenvalue weighted by molar-refractivity contribution is -0.139. The summed E-state index contributed by atoms with van der Waals surface area (Å²) in [4.78, 5) is 11.0. The molecule has 1 aliphatic carbocycles. The minimum atomic E-state index is -1.39. The number of hydrogen-bond acceptors (Lipinski definition) is 2. The van der Waals surface area contributed by atoms with Crippen LogP contribution >= 0.6 is 0 Å². The topological polar surface area (TPSA) is 46.5 Å². The van der Waals surface area contributed by atoms with Gasteiger partial charge in [0.05, 0.1) is 0 Å². The molecular weight excluding hydrogens is 256 g/mol. The fourth-order valence-corrected chi connectivity index (χ4v) is 3.01. The molecule has 0 unspecified atom stereocenters. The van der Waals surface area contributed by atoms with Crippen LogP contribution in [-0.4, -0.2) is 25.3 Å². The first-order valence-electron chi connectivity index (χ1n) is 6.43. The molecule has 3 atom stereocenters. The van der Waals surface area contributed by atoms with Crippen molar-refractivity contribution in [2.75, 3.05) is 0 Å². The van der Waals surface area contributed by atoms with E-state index in [0.29, 0.717) is 0 Å². The minimum absolute atomic E-state index is 0.0288. The third-order valence-corrected chi connectivity index (χ3v) is 4.33. The zero-order valence-electron chi connectivity index (χ0n) is 11.2. The van der Waals surface area contributed by atoms with Crippen molar-refractivity contribution in [1.82, 2.24) is 0 Å². The Morgan fingerprint density at radius 2 is 2.11 bits per heavy atom. The van der Waals surface area contributed by atoms with Crippen LogP contribution in [0.25, 0.3) is 0 Å². The minimum Gasteiger partial charge on any atom is -0.489 e. The molecule has 1 aromatic carbocycles. The molecule has 0 amide bonds.